The summed E-state index contributed by atoms with van der Waals surface area (Å²) < 4.78 is 0. The molecule has 0 aromatic heterocycles. The average molecular weight is 227 g/mol. The van der Waals surface area contributed by atoms with Gasteiger partial charge in [-0.05, 0) is 39.3 Å². The topological polar surface area (TPSA) is 41.3 Å². The van der Waals surface area contributed by atoms with E-state index in [0.29, 0.717) is 6.04 Å². The van der Waals surface area contributed by atoms with Gasteiger partial charge in [-0.2, -0.15) is 0 Å². The lowest BCUT2D eigenvalue weighted by atomic mass is 9.76. The Morgan fingerprint density at radius 3 is 2.19 bits per heavy atom. The Labute approximate surface area is 101 Å². The number of likely N-dealkylation sites (N-methyl/N-ethyl adjacent to an activating group) is 1. The van der Waals surface area contributed by atoms with Crippen LogP contribution in [0, 0.1) is 5.92 Å². The van der Waals surface area contributed by atoms with Crippen molar-refractivity contribution in [3.8, 4) is 0 Å². The van der Waals surface area contributed by atoms with Gasteiger partial charge in [0, 0.05) is 11.6 Å². The van der Waals surface area contributed by atoms with Gasteiger partial charge in [0.15, 0.2) is 0 Å². The van der Waals surface area contributed by atoms with Crippen molar-refractivity contribution in [2.24, 2.45) is 11.8 Å². The van der Waals surface area contributed by atoms with Crippen LogP contribution in [0.5, 0.6) is 0 Å². The fourth-order valence-electron chi connectivity index (χ4n) is 2.88. The minimum atomic E-state index is 0.147. The Bertz CT molecular complexity index is 195. The molecule has 3 nitrogen and oxygen atoms in total. The van der Waals surface area contributed by atoms with Crippen molar-refractivity contribution in [3.63, 3.8) is 0 Å². The molecular formula is C13H29N3. The standard InChI is InChI=1S/C13H29N3/c1-5-16(6-2)13(3,4)12(15-14)10-11-8-7-9-11/h11-12,15H,5-10,14H2,1-4H3. The molecule has 3 N–H and O–H groups in total. The van der Waals surface area contributed by atoms with Crippen molar-refractivity contribution >= 4 is 0 Å². The molecule has 1 aliphatic carbocycles. The molecule has 1 unspecified atom stereocenters. The van der Waals surface area contributed by atoms with E-state index in [2.05, 4.69) is 38.0 Å². The van der Waals surface area contributed by atoms with Gasteiger partial charge in [0.1, 0.15) is 0 Å². The number of nitrogens with zero attached hydrogens (tertiary/aromatic N) is 1. The van der Waals surface area contributed by atoms with Gasteiger partial charge < -0.3 is 0 Å². The molecule has 0 aliphatic heterocycles. The number of nitrogens with one attached hydrogen (secondary N) is 1. The summed E-state index contributed by atoms with van der Waals surface area (Å²) >= 11 is 0. The highest BCUT2D eigenvalue weighted by Gasteiger charge is 2.35. The van der Waals surface area contributed by atoms with Gasteiger partial charge in [-0.25, -0.2) is 0 Å². The molecule has 0 amide bonds. The van der Waals surface area contributed by atoms with Gasteiger partial charge in [-0.3, -0.25) is 16.2 Å². The van der Waals surface area contributed by atoms with Crippen molar-refractivity contribution in [1.29, 1.82) is 0 Å². The molecule has 1 atom stereocenters. The first kappa shape index (κ1) is 13.9. The first-order valence-electron chi connectivity index (χ1n) is 6.77. The summed E-state index contributed by atoms with van der Waals surface area (Å²) in [4.78, 5) is 2.50. The number of rotatable bonds is 7. The average Bonchev–Trinajstić information content (AvgIpc) is 2.17. The number of hydrazine groups is 1. The zero-order chi connectivity index (χ0) is 12.2. The predicted octanol–water partition coefficient (Wildman–Crippen LogP) is 2.13. The second-order valence-corrected chi connectivity index (χ2v) is 5.58. The molecule has 0 radical (unpaired) electrons. The fourth-order valence-corrected chi connectivity index (χ4v) is 2.88. The van der Waals surface area contributed by atoms with E-state index in [1.165, 1.54) is 25.7 Å². The van der Waals surface area contributed by atoms with E-state index in [1.54, 1.807) is 0 Å². The number of nitrogens with two attached hydrogens (primary N) is 1. The largest absolute Gasteiger partial charge is 0.297 e. The summed E-state index contributed by atoms with van der Waals surface area (Å²) in [6, 6.07) is 0.401. The lowest BCUT2D eigenvalue weighted by molar-refractivity contribution is 0.0718. The van der Waals surface area contributed by atoms with Gasteiger partial charge in [0.2, 0.25) is 0 Å². The van der Waals surface area contributed by atoms with E-state index in [0.717, 1.165) is 19.0 Å². The molecule has 1 fully saturated rings. The van der Waals surface area contributed by atoms with Crippen LogP contribution in [0.4, 0.5) is 0 Å². The van der Waals surface area contributed by atoms with Crippen LogP contribution in [0.1, 0.15) is 53.4 Å². The van der Waals surface area contributed by atoms with Gasteiger partial charge in [-0.15, -0.1) is 0 Å². The summed E-state index contributed by atoms with van der Waals surface area (Å²) in [5.74, 6) is 6.66. The zero-order valence-corrected chi connectivity index (χ0v) is 11.4. The van der Waals surface area contributed by atoms with Crippen LogP contribution in [0.15, 0.2) is 0 Å². The van der Waals surface area contributed by atoms with Crippen LogP contribution in [-0.4, -0.2) is 29.6 Å². The van der Waals surface area contributed by atoms with Crippen LogP contribution in [0.3, 0.4) is 0 Å². The van der Waals surface area contributed by atoms with E-state index in [-0.39, 0.29) is 5.54 Å². The van der Waals surface area contributed by atoms with Crippen LogP contribution < -0.4 is 11.3 Å². The first-order valence-corrected chi connectivity index (χ1v) is 6.77. The Morgan fingerprint density at radius 1 is 1.31 bits per heavy atom. The SMILES string of the molecule is CCN(CC)C(C)(C)C(CC1CCC1)NN. The lowest BCUT2D eigenvalue weighted by Gasteiger charge is -2.45. The third-order valence-electron chi connectivity index (χ3n) is 4.43. The summed E-state index contributed by atoms with van der Waals surface area (Å²) in [7, 11) is 0. The van der Waals surface area contributed by atoms with Crippen molar-refractivity contribution in [2.75, 3.05) is 13.1 Å². The van der Waals surface area contributed by atoms with Crippen molar-refractivity contribution in [2.45, 2.75) is 65.0 Å². The highest BCUT2D eigenvalue weighted by atomic mass is 15.3. The molecule has 96 valence electrons. The third-order valence-corrected chi connectivity index (χ3v) is 4.43. The zero-order valence-electron chi connectivity index (χ0n) is 11.4. The smallest absolute Gasteiger partial charge is 0.0392 e. The maximum atomic E-state index is 5.76. The highest BCUT2D eigenvalue weighted by Crippen LogP contribution is 2.33. The molecule has 1 rings (SSSR count). The van der Waals surface area contributed by atoms with E-state index in [1.807, 2.05) is 0 Å². The van der Waals surface area contributed by atoms with Crippen LogP contribution >= 0.6 is 0 Å². The van der Waals surface area contributed by atoms with Crippen LogP contribution in [-0.2, 0) is 0 Å². The van der Waals surface area contributed by atoms with E-state index < -0.39 is 0 Å². The summed E-state index contributed by atoms with van der Waals surface area (Å²) in [5, 5.41) is 0. The quantitative estimate of drug-likeness (QED) is 0.517. The van der Waals surface area contributed by atoms with E-state index in [9.17, 15) is 0 Å². The summed E-state index contributed by atoms with van der Waals surface area (Å²) in [5.41, 5.74) is 3.20. The molecule has 16 heavy (non-hydrogen) atoms. The normalized spacial score (nSPS) is 19.9. The Balaban J connectivity index is 2.59. The molecule has 3 heteroatoms. The van der Waals surface area contributed by atoms with Crippen molar-refractivity contribution in [3.05, 3.63) is 0 Å². The second kappa shape index (κ2) is 5.99. The van der Waals surface area contributed by atoms with Crippen molar-refractivity contribution in [1.82, 2.24) is 10.3 Å². The molecule has 0 aromatic carbocycles. The van der Waals surface area contributed by atoms with Gasteiger partial charge in [0.25, 0.3) is 0 Å². The Morgan fingerprint density at radius 2 is 1.88 bits per heavy atom. The monoisotopic (exact) mass is 227 g/mol. The molecule has 0 bridgehead atoms. The van der Waals surface area contributed by atoms with Crippen LogP contribution in [0.25, 0.3) is 0 Å². The molecular weight excluding hydrogens is 198 g/mol. The highest BCUT2D eigenvalue weighted by molar-refractivity contribution is 4.94. The summed E-state index contributed by atoms with van der Waals surface area (Å²) in [6.07, 6.45) is 5.42. The fraction of sp³-hybridized carbons (Fsp3) is 1.00. The number of hydrogen-bond donors (Lipinski definition) is 2. The molecule has 1 saturated carbocycles. The minimum absolute atomic E-state index is 0.147. The maximum absolute atomic E-state index is 5.76. The Hall–Kier alpha value is -0.120. The van der Waals surface area contributed by atoms with E-state index >= 15 is 0 Å². The number of hydrogen-bond acceptors (Lipinski definition) is 3. The van der Waals surface area contributed by atoms with Gasteiger partial charge in [0.05, 0.1) is 0 Å². The lowest BCUT2D eigenvalue weighted by Crippen LogP contribution is -2.60. The molecule has 0 spiro atoms. The first-order chi connectivity index (χ1) is 7.56. The van der Waals surface area contributed by atoms with E-state index in [4.69, 9.17) is 5.84 Å². The predicted molar refractivity (Wildman–Crippen MR) is 70.1 cm³/mol. The van der Waals surface area contributed by atoms with Gasteiger partial charge in [-0.1, -0.05) is 33.1 Å². The second-order valence-electron chi connectivity index (χ2n) is 5.58. The minimum Gasteiger partial charge on any atom is -0.297 e. The van der Waals surface area contributed by atoms with Gasteiger partial charge >= 0.3 is 0 Å². The molecule has 0 heterocycles. The Kier molecular flexibility index (Phi) is 5.22. The molecule has 1 aliphatic rings. The molecule has 0 aromatic rings. The molecule has 0 saturated heterocycles. The maximum Gasteiger partial charge on any atom is 0.0392 e. The van der Waals surface area contributed by atoms with Crippen LogP contribution in [0.2, 0.25) is 0 Å². The third kappa shape index (κ3) is 2.96. The van der Waals surface area contributed by atoms with Crippen molar-refractivity contribution < 1.29 is 0 Å². The summed E-state index contributed by atoms with van der Waals surface area (Å²) in [6.45, 7) is 11.2.